The van der Waals surface area contributed by atoms with Gasteiger partial charge in [0, 0.05) is 91.6 Å². The lowest BCUT2D eigenvalue weighted by Crippen LogP contribution is -2.56. The molecule has 0 aliphatic carbocycles. The first-order valence-corrected chi connectivity index (χ1v) is 11.6. The predicted octanol–water partition coefficient (Wildman–Crippen LogP) is -4.28. The first-order chi connectivity index (χ1) is 14.7. The summed E-state index contributed by atoms with van der Waals surface area (Å²) in [5, 5.41) is 20.5. The van der Waals surface area contributed by atoms with Crippen LogP contribution in [0, 0.1) is 0 Å². The highest BCUT2D eigenvalue weighted by Gasteiger charge is 2.15. The Morgan fingerprint density at radius 3 is 1.80 bits per heavy atom. The van der Waals surface area contributed by atoms with Crippen molar-refractivity contribution in [2.75, 3.05) is 98.2 Å². The lowest BCUT2D eigenvalue weighted by Gasteiger charge is -2.31. The molecule has 2 atom stereocenters. The van der Waals surface area contributed by atoms with Crippen LogP contribution in [0.4, 0.5) is 0 Å². The monoisotopic (exact) mass is 433 g/mol. The lowest BCUT2D eigenvalue weighted by molar-refractivity contribution is 0.174. The van der Waals surface area contributed by atoms with Gasteiger partial charge in [-0.15, -0.1) is 0 Å². The SMILES string of the molecule is CCCNCCNCCN(CCN)C(CN)NCCNC(CN)NCCNCCN. The Hall–Kier alpha value is -0.440. The molecule has 11 heteroatoms. The van der Waals surface area contributed by atoms with Crippen LogP contribution in [0.3, 0.4) is 0 Å². The minimum Gasteiger partial charge on any atom is -0.329 e. The van der Waals surface area contributed by atoms with E-state index >= 15 is 0 Å². The molecule has 0 aromatic rings. The smallest absolute Gasteiger partial charge is 0.0724 e. The van der Waals surface area contributed by atoms with Crippen LogP contribution in [0.15, 0.2) is 0 Å². The third-order valence-electron chi connectivity index (χ3n) is 4.71. The molecule has 0 heterocycles. The van der Waals surface area contributed by atoms with Gasteiger partial charge in [-0.1, -0.05) is 6.92 Å². The van der Waals surface area contributed by atoms with Crippen LogP contribution in [-0.2, 0) is 0 Å². The molecule has 0 aromatic carbocycles. The Kier molecular flexibility index (Phi) is 22.9. The molecule has 14 N–H and O–H groups in total. The summed E-state index contributed by atoms with van der Waals surface area (Å²) < 4.78 is 0. The van der Waals surface area contributed by atoms with Crippen LogP contribution in [0.1, 0.15) is 13.3 Å². The maximum absolute atomic E-state index is 6.02. The van der Waals surface area contributed by atoms with Crippen molar-refractivity contribution in [2.45, 2.75) is 25.7 Å². The Morgan fingerprint density at radius 2 is 1.20 bits per heavy atom. The number of nitrogens with zero attached hydrogens (tertiary/aromatic N) is 1. The van der Waals surface area contributed by atoms with Gasteiger partial charge in [0.15, 0.2) is 0 Å². The van der Waals surface area contributed by atoms with Crippen molar-refractivity contribution < 1.29 is 0 Å². The quantitative estimate of drug-likeness (QED) is 0.0526. The van der Waals surface area contributed by atoms with E-state index in [1.54, 1.807) is 0 Å². The molecule has 0 rings (SSSR count). The van der Waals surface area contributed by atoms with E-state index in [1.165, 1.54) is 0 Å². The van der Waals surface area contributed by atoms with Crippen molar-refractivity contribution in [3.63, 3.8) is 0 Å². The second-order valence-corrected chi connectivity index (χ2v) is 7.27. The largest absolute Gasteiger partial charge is 0.329 e. The van der Waals surface area contributed by atoms with E-state index in [-0.39, 0.29) is 12.3 Å². The molecule has 0 aliphatic heterocycles. The summed E-state index contributed by atoms with van der Waals surface area (Å²) in [6.07, 6.45) is 1.37. The zero-order valence-corrected chi connectivity index (χ0v) is 19.2. The summed E-state index contributed by atoms with van der Waals surface area (Å²) in [5.41, 5.74) is 23.1. The second kappa shape index (κ2) is 23.2. The van der Waals surface area contributed by atoms with Gasteiger partial charge in [-0.3, -0.25) is 20.9 Å². The van der Waals surface area contributed by atoms with Gasteiger partial charge in [0.05, 0.1) is 12.3 Å². The molecule has 0 saturated carbocycles. The summed E-state index contributed by atoms with van der Waals surface area (Å²) >= 11 is 0. The highest BCUT2D eigenvalue weighted by Crippen LogP contribution is 1.93. The molecule has 0 amide bonds. The molecule has 182 valence electrons. The molecule has 30 heavy (non-hydrogen) atoms. The fraction of sp³-hybridized carbons (Fsp3) is 1.00. The average molecular weight is 434 g/mol. The second-order valence-electron chi connectivity index (χ2n) is 7.27. The molecule has 0 bridgehead atoms. The van der Waals surface area contributed by atoms with Gasteiger partial charge in [-0.2, -0.15) is 0 Å². The van der Waals surface area contributed by atoms with Gasteiger partial charge in [0.1, 0.15) is 0 Å². The molecule has 0 spiro atoms. The first kappa shape index (κ1) is 29.6. The minimum atomic E-state index is 0.0912. The third kappa shape index (κ3) is 17.3. The zero-order valence-electron chi connectivity index (χ0n) is 19.2. The lowest BCUT2D eigenvalue weighted by atomic mass is 10.3. The molecule has 0 aliphatic rings. The predicted molar refractivity (Wildman–Crippen MR) is 128 cm³/mol. The van der Waals surface area contributed by atoms with Crippen LogP contribution >= 0.6 is 0 Å². The highest BCUT2D eigenvalue weighted by atomic mass is 15.3. The van der Waals surface area contributed by atoms with E-state index in [4.69, 9.17) is 22.9 Å². The summed E-state index contributed by atoms with van der Waals surface area (Å²) in [6, 6.07) is 0. The van der Waals surface area contributed by atoms with Crippen molar-refractivity contribution in [2.24, 2.45) is 22.9 Å². The Labute approximate surface area is 184 Å². The van der Waals surface area contributed by atoms with Crippen LogP contribution in [0.2, 0.25) is 0 Å². The van der Waals surface area contributed by atoms with Gasteiger partial charge in [-0.25, -0.2) is 0 Å². The number of nitrogens with two attached hydrogens (primary N) is 4. The maximum Gasteiger partial charge on any atom is 0.0724 e. The summed E-state index contributed by atoms with van der Waals surface area (Å²) in [7, 11) is 0. The van der Waals surface area contributed by atoms with Gasteiger partial charge in [-0.05, 0) is 13.0 Å². The molecule has 2 unspecified atom stereocenters. The number of hydrogen-bond acceptors (Lipinski definition) is 11. The maximum atomic E-state index is 6.02. The van der Waals surface area contributed by atoms with Crippen LogP contribution in [-0.4, -0.2) is 115 Å². The minimum absolute atomic E-state index is 0.0912. The number of rotatable bonds is 24. The standard InChI is InChI=1S/C19H51N11/c1-2-5-24-7-8-26-13-15-30(14-4-21)19(17-23)29-12-11-28-18(16-22)27-10-9-25-6-3-20/h18-19,24-29H,2-17,20-23H2,1H3. The summed E-state index contributed by atoms with van der Waals surface area (Å²) in [6.45, 7) is 14.4. The summed E-state index contributed by atoms with van der Waals surface area (Å²) in [5.74, 6) is 0. The van der Waals surface area contributed by atoms with Crippen molar-refractivity contribution >= 4 is 0 Å². The average Bonchev–Trinajstić information content (AvgIpc) is 2.76. The van der Waals surface area contributed by atoms with E-state index in [1.807, 2.05) is 0 Å². The Balaban J connectivity index is 4.03. The molecule has 0 fully saturated rings. The van der Waals surface area contributed by atoms with Gasteiger partial charge >= 0.3 is 0 Å². The molecular formula is C19H51N11. The topological polar surface area (TPSA) is 180 Å². The Morgan fingerprint density at radius 1 is 0.600 bits per heavy atom. The zero-order chi connectivity index (χ0) is 22.3. The van der Waals surface area contributed by atoms with E-state index in [2.05, 4.69) is 43.7 Å². The van der Waals surface area contributed by atoms with Crippen molar-refractivity contribution in [1.29, 1.82) is 0 Å². The normalized spacial score (nSPS) is 13.8. The number of nitrogens with one attached hydrogen (secondary N) is 6. The van der Waals surface area contributed by atoms with Gasteiger partial charge < -0.3 is 38.9 Å². The highest BCUT2D eigenvalue weighted by molar-refractivity contribution is 4.74. The van der Waals surface area contributed by atoms with E-state index < -0.39 is 0 Å². The summed E-state index contributed by atoms with van der Waals surface area (Å²) in [4.78, 5) is 2.31. The molecule has 11 nitrogen and oxygen atoms in total. The van der Waals surface area contributed by atoms with E-state index in [0.717, 1.165) is 78.4 Å². The molecule has 0 aromatic heterocycles. The van der Waals surface area contributed by atoms with Crippen molar-refractivity contribution in [3.05, 3.63) is 0 Å². The van der Waals surface area contributed by atoms with E-state index in [0.29, 0.717) is 26.2 Å². The van der Waals surface area contributed by atoms with Crippen molar-refractivity contribution in [1.82, 2.24) is 36.8 Å². The number of hydrogen-bond donors (Lipinski definition) is 10. The molecule has 0 radical (unpaired) electrons. The van der Waals surface area contributed by atoms with Gasteiger partial charge in [0.25, 0.3) is 0 Å². The van der Waals surface area contributed by atoms with Crippen LogP contribution < -0.4 is 54.8 Å². The Bertz CT molecular complexity index is 336. The van der Waals surface area contributed by atoms with Crippen molar-refractivity contribution in [3.8, 4) is 0 Å². The van der Waals surface area contributed by atoms with E-state index in [9.17, 15) is 0 Å². The third-order valence-corrected chi connectivity index (χ3v) is 4.71. The molecular weight excluding hydrogens is 382 g/mol. The molecule has 0 saturated heterocycles. The fourth-order valence-electron chi connectivity index (χ4n) is 3.06. The van der Waals surface area contributed by atoms with Crippen LogP contribution in [0.5, 0.6) is 0 Å². The van der Waals surface area contributed by atoms with Gasteiger partial charge in [0.2, 0.25) is 0 Å². The van der Waals surface area contributed by atoms with Crippen LogP contribution in [0.25, 0.3) is 0 Å². The first-order valence-electron chi connectivity index (χ1n) is 11.6. The fourth-order valence-corrected chi connectivity index (χ4v) is 3.06.